The quantitative estimate of drug-likeness (QED) is 0.221. The molecule has 0 bridgehead atoms. The first-order valence-corrected chi connectivity index (χ1v) is 4.71. The van der Waals surface area contributed by atoms with Gasteiger partial charge in [-0.05, 0) is 26.7 Å². The minimum absolute atomic E-state index is 0.320. The molecule has 0 aliphatic carbocycles. The van der Waals surface area contributed by atoms with Crippen LogP contribution in [0.5, 0.6) is 0 Å². The highest BCUT2D eigenvalue weighted by atomic mass is 16.5. The molecule has 14 heavy (non-hydrogen) atoms. The van der Waals surface area contributed by atoms with Crippen molar-refractivity contribution in [3.05, 3.63) is 36.0 Å². The summed E-state index contributed by atoms with van der Waals surface area (Å²) in [7, 11) is 1.37. The largest absolute Gasteiger partial charge is 0.466 e. The highest BCUT2D eigenvalue weighted by Gasteiger charge is 1.86. The van der Waals surface area contributed by atoms with Gasteiger partial charge in [0.25, 0.3) is 0 Å². The van der Waals surface area contributed by atoms with E-state index in [9.17, 15) is 4.79 Å². The van der Waals surface area contributed by atoms with Crippen molar-refractivity contribution in [3.8, 4) is 0 Å². The first-order chi connectivity index (χ1) is 6.66. The summed E-state index contributed by atoms with van der Waals surface area (Å²) < 4.78 is 4.44. The minimum atomic E-state index is -0.320. The second-order valence-electron chi connectivity index (χ2n) is 3.17. The van der Waals surface area contributed by atoms with Gasteiger partial charge in [0.15, 0.2) is 0 Å². The van der Waals surface area contributed by atoms with E-state index in [0.717, 1.165) is 12.8 Å². The molecule has 0 amide bonds. The molecule has 0 radical (unpaired) electrons. The SMILES string of the molecule is COC(=O)/C=C/C=C\CCC=C(C)C. The van der Waals surface area contributed by atoms with E-state index >= 15 is 0 Å². The second kappa shape index (κ2) is 8.30. The summed E-state index contributed by atoms with van der Waals surface area (Å²) in [6.45, 7) is 4.17. The van der Waals surface area contributed by atoms with Crippen LogP contribution in [-0.4, -0.2) is 13.1 Å². The maximum atomic E-state index is 10.6. The maximum absolute atomic E-state index is 10.6. The van der Waals surface area contributed by atoms with Crippen molar-refractivity contribution in [3.63, 3.8) is 0 Å². The second-order valence-corrected chi connectivity index (χ2v) is 3.17. The molecule has 0 unspecified atom stereocenters. The Bertz CT molecular complexity index is 243. The Balaban J connectivity index is 3.59. The van der Waals surface area contributed by atoms with Crippen LogP contribution >= 0.6 is 0 Å². The number of methoxy groups -OCH3 is 1. The van der Waals surface area contributed by atoms with E-state index in [1.165, 1.54) is 18.8 Å². The molecule has 2 nitrogen and oxygen atoms in total. The fourth-order valence-corrected chi connectivity index (χ4v) is 0.845. The predicted molar refractivity (Wildman–Crippen MR) is 59.0 cm³/mol. The predicted octanol–water partition coefficient (Wildman–Crippen LogP) is 3.02. The van der Waals surface area contributed by atoms with Crippen molar-refractivity contribution < 1.29 is 9.53 Å². The molecule has 0 fully saturated rings. The zero-order chi connectivity index (χ0) is 10.8. The Morgan fingerprint density at radius 3 is 2.50 bits per heavy atom. The van der Waals surface area contributed by atoms with Crippen molar-refractivity contribution in [2.45, 2.75) is 26.7 Å². The monoisotopic (exact) mass is 194 g/mol. The highest BCUT2D eigenvalue weighted by molar-refractivity contribution is 5.82. The summed E-state index contributed by atoms with van der Waals surface area (Å²) in [6.07, 6.45) is 11.2. The number of ether oxygens (including phenoxy) is 1. The molecule has 0 aromatic carbocycles. The van der Waals surface area contributed by atoms with Gasteiger partial charge in [0.2, 0.25) is 0 Å². The van der Waals surface area contributed by atoms with Crippen LogP contribution in [-0.2, 0) is 9.53 Å². The third kappa shape index (κ3) is 8.78. The van der Waals surface area contributed by atoms with Crippen LogP contribution in [0.25, 0.3) is 0 Å². The van der Waals surface area contributed by atoms with E-state index in [4.69, 9.17) is 0 Å². The van der Waals surface area contributed by atoms with Crippen LogP contribution in [0, 0.1) is 0 Å². The van der Waals surface area contributed by atoms with Crippen molar-refractivity contribution >= 4 is 5.97 Å². The molecule has 0 heterocycles. The summed E-state index contributed by atoms with van der Waals surface area (Å²) in [5.41, 5.74) is 1.34. The fourth-order valence-electron chi connectivity index (χ4n) is 0.845. The summed E-state index contributed by atoms with van der Waals surface area (Å²) in [5, 5.41) is 0. The van der Waals surface area contributed by atoms with Gasteiger partial charge in [0, 0.05) is 6.08 Å². The summed E-state index contributed by atoms with van der Waals surface area (Å²) >= 11 is 0. The summed E-state index contributed by atoms with van der Waals surface area (Å²) in [4.78, 5) is 10.6. The van der Waals surface area contributed by atoms with Crippen LogP contribution in [0.1, 0.15) is 26.7 Å². The lowest BCUT2D eigenvalue weighted by Gasteiger charge is -1.88. The zero-order valence-corrected chi connectivity index (χ0v) is 9.12. The van der Waals surface area contributed by atoms with Crippen molar-refractivity contribution in [2.75, 3.05) is 7.11 Å². The minimum Gasteiger partial charge on any atom is -0.466 e. The van der Waals surface area contributed by atoms with Crippen molar-refractivity contribution in [1.82, 2.24) is 0 Å². The highest BCUT2D eigenvalue weighted by Crippen LogP contribution is 1.97. The lowest BCUT2D eigenvalue weighted by molar-refractivity contribution is -0.134. The topological polar surface area (TPSA) is 26.3 Å². The Morgan fingerprint density at radius 1 is 1.21 bits per heavy atom. The zero-order valence-electron chi connectivity index (χ0n) is 9.12. The summed E-state index contributed by atoms with van der Waals surface area (Å²) in [6, 6.07) is 0. The molecular formula is C12H18O2. The first-order valence-electron chi connectivity index (χ1n) is 4.71. The van der Waals surface area contributed by atoms with Gasteiger partial charge in [-0.3, -0.25) is 0 Å². The average molecular weight is 194 g/mol. The van der Waals surface area contributed by atoms with Gasteiger partial charge in [0.05, 0.1) is 7.11 Å². The number of carbonyl (C=O) groups is 1. The maximum Gasteiger partial charge on any atom is 0.330 e. The molecule has 2 heteroatoms. The van der Waals surface area contributed by atoms with Crippen molar-refractivity contribution in [1.29, 1.82) is 0 Å². The van der Waals surface area contributed by atoms with Gasteiger partial charge < -0.3 is 4.74 Å². The van der Waals surface area contributed by atoms with E-state index in [0.29, 0.717) is 0 Å². The number of hydrogen-bond acceptors (Lipinski definition) is 2. The molecule has 0 aliphatic heterocycles. The first kappa shape index (κ1) is 12.7. The van der Waals surface area contributed by atoms with Gasteiger partial charge in [-0.2, -0.15) is 0 Å². The molecule has 0 N–H and O–H groups in total. The molecule has 0 atom stereocenters. The van der Waals surface area contributed by atoms with Crippen LogP contribution < -0.4 is 0 Å². The lowest BCUT2D eigenvalue weighted by Crippen LogP contribution is -1.92. The van der Waals surface area contributed by atoms with Crippen LogP contribution in [0.3, 0.4) is 0 Å². The molecule has 0 rings (SSSR count). The van der Waals surface area contributed by atoms with Gasteiger partial charge in [-0.15, -0.1) is 0 Å². The number of unbranched alkanes of at least 4 members (excludes halogenated alkanes) is 1. The number of esters is 1. The van der Waals surface area contributed by atoms with Crippen LogP contribution in [0.2, 0.25) is 0 Å². The summed E-state index contributed by atoms with van der Waals surface area (Å²) in [5.74, 6) is -0.320. The standard InChI is InChI=1S/C12H18O2/c1-11(2)9-7-5-4-6-8-10-12(13)14-3/h4,6,8-10H,5,7H2,1-3H3/b6-4-,10-8+. The number of rotatable bonds is 5. The van der Waals surface area contributed by atoms with E-state index in [1.54, 1.807) is 6.08 Å². The third-order valence-electron chi connectivity index (χ3n) is 1.57. The molecule has 0 aromatic heterocycles. The molecule has 0 aliphatic rings. The van der Waals surface area contributed by atoms with E-state index in [2.05, 4.69) is 24.7 Å². The van der Waals surface area contributed by atoms with Crippen LogP contribution in [0.4, 0.5) is 0 Å². The fraction of sp³-hybridized carbons (Fsp3) is 0.417. The molecule has 78 valence electrons. The normalized spacial score (nSPS) is 10.8. The number of hydrogen-bond donors (Lipinski definition) is 0. The van der Waals surface area contributed by atoms with E-state index in [1.807, 2.05) is 12.2 Å². The van der Waals surface area contributed by atoms with Gasteiger partial charge >= 0.3 is 5.97 Å². The Hall–Kier alpha value is -1.31. The average Bonchev–Trinajstić information content (AvgIpc) is 2.15. The Labute approximate surface area is 86.0 Å². The molecule has 0 aromatic rings. The van der Waals surface area contributed by atoms with Gasteiger partial charge in [-0.25, -0.2) is 4.79 Å². The molecule has 0 saturated heterocycles. The third-order valence-corrected chi connectivity index (χ3v) is 1.57. The Kier molecular flexibility index (Phi) is 7.52. The number of allylic oxidation sites excluding steroid dienone is 5. The van der Waals surface area contributed by atoms with E-state index < -0.39 is 0 Å². The molecule has 0 spiro atoms. The molecular weight excluding hydrogens is 176 g/mol. The Morgan fingerprint density at radius 2 is 1.93 bits per heavy atom. The van der Waals surface area contributed by atoms with Gasteiger partial charge in [-0.1, -0.05) is 29.9 Å². The number of carbonyl (C=O) groups excluding carboxylic acids is 1. The van der Waals surface area contributed by atoms with Crippen molar-refractivity contribution in [2.24, 2.45) is 0 Å². The molecule has 0 saturated carbocycles. The van der Waals surface area contributed by atoms with E-state index in [-0.39, 0.29) is 5.97 Å². The smallest absolute Gasteiger partial charge is 0.330 e. The lowest BCUT2D eigenvalue weighted by atomic mass is 10.2. The van der Waals surface area contributed by atoms with Gasteiger partial charge in [0.1, 0.15) is 0 Å². The van der Waals surface area contributed by atoms with Crippen LogP contribution in [0.15, 0.2) is 36.0 Å².